The maximum Gasteiger partial charge on any atom is 0.231 e. The van der Waals surface area contributed by atoms with E-state index in [0.29, 0.717) is 32.5 Å². The Bertz CT molecular complexity index is 996. The van der Waals surface area contributed by atoms with Gasteiger partial charge < -0.3 is 25.3 Å². The highest BCUT2D eigenvalue weighted by molar-refractivity contribution is 5.99. The summed E-state index contributed by atoms with van der Waals surface area (Å²) in [6.45, 7) is 6.69. The molecule has 5 atom stereocenters. The second-order valence-corrected chi connectivity index (χ2v) is 10.9. The van der Waals surface area contributed by atoms with Gasteiger partial charge in [0.05, 0.1) is 24.6 Å². The number of nitrogens with two attached hydrogens (primary N) is 1. The van der Waals surface area contributed by atoms with Gasteiger partial charge in [-0.2, -0.15) is 0 Å². The highest BCUT2D eigenvalue weighted by Gasteiger charge is 2.52. The predicted octanol–water partition coefficient (Wildman–Crippen LogP) is 2.40. The van der Waals surface area contributed by atoms with E-state index < -0.39 is 11.1 Å². The first kappa shape index (κ1) is 25.4. The van der Waals surface area contributed by atoms with Gasteiger partial charge in [0.1, 0.15) is 11.4 Å². The van der Waals surface area contributed by atoms with Gasteiger partial charge in [-0.25, -0.2) is 4.99 Å². The van der Waals surface area contributed by atoms with Crippen molar-refractivity contribution in [1.82, 2.24) is 10.2 Å². The van der Waals surface area contributed by atoms with Crippen LogP contribution in [-0.2, 0) is 19.1 Å². The molecule has 2 aliphatic heterocycles. The number of guanidine groups is 1. The number of nitrogens with one attached hydrogen (secondary N) is 1. The molecule has 3 aliphatic rings. The van der Waals surface area contributed by atoms with Crippen molar-refractivity contribution in [3.63, 3.8) is 0 Å². The number of methoxy groups -OCH3 is 2. The molecule has 192 valence electrons. The Kier molecular flexibility index (Phi) is 7.11. The van der Waals surface area contributed by atoms with Crippen molar-refractivity contribution in [2.45, 2.75) is 69.7 Å². The van der Waals surface area contributed by atoms with Crippen LogP contribution in [0.4, 0.5) is 0 Å². The summed E-state index contributed by atoms with van der Waals surface area (Å²) < 4.78 is 16.9. The molecule has 1 saturated carbocycles. The first-order chi connectivity index (χ1) is 16.6. The van der Waals surface area contributed by atoms with Crippen molar-refractivity contribution in [2.24, 2.45) is 22.6 Å². The molecule has 1 fully saturated rings. The van der Waals surface area contributed by atoms with E-state index in [1.807, 2.05) is 45.0 Å². The molecule has 1 aromatic carbocycles. The molecule has 0 aromatic heterocycles. The lowest BCUT2D eigenvalue weighted by atomic mass is 9.88. The molecule has 9 heteroatoms. The summed E-state index contributed by atoms with van der Waals surface area (Å²) in [4.78, 5) is 32.6. The van der Waals surface area contributed by atoms with Gasteiger partial charge in [-0.3, -0.25) is 14.5 Å². The Morgan fingerprint density at radius 1 is 1.29 bits per heavy atom. The number of aliphatic imine (C=N–C) groups is 1. The maximum absolute atomic E-state index is 13.4. The van der Waals surface area contributed by atoms with Crippen LogP contribution in [0.1, 0.15) is 58.1 Å². The lowest BCUT2D eigenvalue weighted by molar-refractivity contribution is -0.132. The third kappa shape index (κ3) is 5.46. The molecule has 3 unspecified atom stereocenters. The minimum absolute atomic E-state index is 0.00417. The average molecular weight is 487 g/mol. The number of hydrogen-bond donors (Lipinski definition) is 2. The predicted molar refractivity (Wildman–Crippen MR) is 132 cm³/mol. The van der Waals surface area contributed by atoms with Crippen LogP contribution in [0.2, 0.25) is 0 Å². The molecule has 0 radical (unpaired) electrons. The molecule has 1 aromatic rings. The molecule has 0 saturated heterocycles. The molecule has 35 heavy (non-hydrogen) atoms. The fourth-order valence-corrected chi connectivity index (χ4v) is 5.57. The van der Waals surface area contributed by atoms with Crippen LogP contribution in [-0.4, -0.2) is 67.3 Å². The zero-order valence-electron chi connectivity index (χ0n) is 21.4. The molecule has 0 bridgehead atoms. The SMILES string of the molecule is COCC[C@H]([C@H]1CC1C(=O)NC1CC(C)(COC)Oc2ccccc21)N1C(=O)CC(C)(C)N=C1N. The van der Waals surface area contributed by atoms with Crippen molar-refractivity contribution >= 4 is 17.8 Å². The Labute approximate surface area is 207 Å². The van der Waals surface area contributed by atoms with Gasteiger partial charge in [0, 0.05) is 44.8 Å². The first-order valence-corrected chi connectivity index (χ1v) is 12.3. The molecule has 2 amide bonds. The molecular weight excluding hydrogens is 448 g/mol. The van der Waals surface area contributed by atoms with E-state index in [4.69, 9.17) is 19.9 Å². The number of benzene rings is 1. The standard InChI is InChI=1S/C26H38N4O5/c1-25(2)14-22(31)30(24(27)29-25)20(10-11-33-4)17-12-18(17)23(32)28-19-13-26(3,15-34-5)35-21-9-7-6-8-16(19)21/h6-9,17-20H,10-15H2,1-5H3,(H2,27,29)(H,28,32)/t17-,18?,19?,20+,26?/m0/s1. The third-order valence-electron chi connectivity index (χ3n) is 7.19. The van der Waals surface area contributed by atoms with Gasteiger partial charge >= 0.3 is 0 Å². The van der Waals surface area contributed by atoms with Gasteiger partial charge in [0.2, 0.25) is 11.8 Å². The Morgan fingerprint density at radius 3 is 2.71 bits per heavy atom. The smallest absolute Gasteiger partial charge is 0.231 e. The van der Waals surface area contributed by atoms with Crippen LogP contribution in [0.5, 0.6) is 5.75 Å². The van der Waals surface area contributed by atoms with Crippen molar-refractivity contribution < 1.29 is 23.8 Å². The number of nitrogens with zero attached hydrogens (tertiary/aromatic N) is 2. The zero-order chi connectivity index (χ0) is 25.4. The second kappa shape index (κ2) is 9.78. The van der Waals surface area contributed by atoms with Gasteiger partial charge in [0.15, 0.2) is 5.96 Å². The highest BCUT2D eigenvalue weighted by atomic mass is 16.5. The van der Waals surface area contributed by atoms with E-state index in [-0.39, 0.29) is 48.1 Å². The van der Waals surface area contributed by atoms with Crippen molar-refractivity contribution in [3.8, 4) is 5.75 Å². The topological polar surface area (TPSA) is 115 Å². The molecule has 9 nitrogen and oxygen atoms in total. The van der Waals surface area contributed by atoms with Gasteiger partial charge in [-0.05, 0) is 45.6 Å². The number of fused-ring (bicyclic) bond motifs is 1. The number of ether oxygens (including phenoxy) is 3. The van der Waals surface area contributed by atoms with E-state index in [9.17, 15) is 9.59 Å². The lowest BCUT2D eigenvalue weighted by Gasteiger charge is -2.40. The fourth-order valence-electron chi connectivity index (χ4n) is 5.57. The Morgan fingerprint density at radius 2 is 2.03 bits per heavy atom. The summed E-state index contributed by atoms with van der Waals surface area (Å²) in [6.07, 6.45) is 2.19. The van der Waals surface area contributed by atoms with Crippen molar-refractivity contribution in [2.75, 3.05) is 27.4 Å². The fraction of sp³-hybridized carbons (Fsp3) is 0.654. The number of carbonyl (C=O) groups excluding carboxylic acids is 2. The van der Waals surface area contributed by atoms with Crippen LogP contribution >= 0.6 is 0 Å². The van der Waals surface area contributed by atoms with Crippen molar-refractivity contribution in [3.05, 3.63) is 29.8 Å². The zero-order valence-corrected chi connectivity index (χ0v) is 21.4. The summed E-state index contributed by atoms with van der Waals surface area (Å²) in [7, 11) is 3.28. The largest absolute Gasteiger partial charge is 0.485 e. The van der Waals surface area contributed by atoms with E-state index in [0.717, 1.165) is 11.3 Å². The third-order valence-corrected chi connectivity index (χ3v) is 7.19. The van der Waals surface area contributed by atoms with Crippen molar-refractivity contribution in [1.29, 1.82) is 0 Å². The molecule has 3 N–H and O–H groups in total. The lowest BCUT2D eigenvalue weighted by Crippen LogP contribution is -2.55. The van der Waals surface area contributed by atoms with Gasteiger partial charge in [-0.15, -0.1) is 0 Å². The molecule has 0 spiro atoms. The first-order valence-electron chi connectivity index (χ1n) is 12.3. The van der Waals surface area contributed by atoms with E-state index in [1.165, 1.54) is 0 Å². The number of carbonyl (C=O) groups is 2. The molecule has 1 aliphatic carbocycles. The molecule has 2 heterocycles. The highest BCUT2D eigenvalue weighted by Crippen LogP contribution is 2.47. The van der Waals surface area contributed by atoms with Gasteiger partial charge in [-0.1, -0.05) is 18.2 Å². The van der Waals surface area contributed by atoms with E-state index >= 15 is 0 Å². The monoisotopic (exact) mass is 486 g/mol. The normalized spacial score (nSPS) is 30.1. The average Bonchev–Trinajstić information content (AvgIpc) is 3.55. The van der Waals surface area contributed by atoms with Crippen LogP contribution in [0.25, 0.3) is 0 Å². The number of hydrogen-bond acceptors (Lipinski definition) is 7. The number of para-hydroxylation sites is 1. The minimum Gasteiger partial charge on any atom is -0.485 e. The number of rotatable bonds is 9. The summed E-state index contributed by atoms with van der Waals surface area (Å²) >= 11 is 0. The second-order valence-electron chi connectivity index (χ2n) is 10.9. The van der Waals surface area contributed by atoms with Crippen LogP contribution < -0.4 is 15.8 Å². The van der Waals surface area contributed by atoms with E-state index in [1.54, 1.807) is 19.1 Å². The Hall–Kier alpha value is -2.65. The maximum atomic E-state index is 13.4. The van der Waals surface area contributed by atoms with Gasteiger partial charge in [0.25, 0.3) is 0 Å². The van der Waals surface area contributed by atoms with E-state index in [2.05, 4.69) is 10.3 Å². The quantitative estimate of drug-likeness (QED) is 0.554. The molecule has 4 rings (SSSR count). The minimum atomic E-state index is -0.539. The van der Waals surface area contributed by atoms with Crippen LogP contribution in [0, 0.1) is 11.8 Å². The number of amides is 2. The summed E-state index contributed by atoms with van der Waals surface area (Å²) in [5.41, 5.74) is 6.16. The summed E-state index contributed by atoms with van der Waals surface area (Å²) in [5.74, 6) is 0.731. The van der Waals surface area contributed by atoms with Crippen LogP contribution in [0.3, 0.4) is 0 Å². The summed E-state index contributed by atoms with van der Waals surface area (Å²) in [5, 5.41) is 3.26. The Balaban J connectivity index is 1.50. The van der Waals surface area contributed by atoms with Crippen LogP contribution in [0.15, 0.2) is 29.3 Å². The molecular formula is C26H38N4O5. The summed E-state index contributed by atoms with van der Waals surface area (Å²) in [6, 6.07) is 7.38.